The molecule has 4 nitrogen and oxygen atoms in total. The number of carbonyl (C=O) groups excluding carboxylic acids is 1. The predicted molar refractivity (Wildman–Crippen MR) is 90.4 cm³/mol. The van der Waals surface area contributed by atoms with Gasteiger partial charge in [-0.1, -0.05) is 60.7 Å². The first kappa shape index (κ1) is 15.5. The van der Waals surface area contributed by atoms with E-state index in [2.05, 4.69) is 0 Å². The Labute approximate surface area is 138 Å². The second-order valence-electron chi connectivity index (χ2n) is 5.25. The SMILES string of the molecule is O=C(c1ccccc1-c1ccccc1)c1cccc(O)c1C(=O)O. The summed E-state index contributed by atoms with van der Waals surface area (Å²) in [4.78, 5) is 24.4. The van der Waals surface area contributed by atoms with Crippen molar-refractivity contribution in [1.29, 1.82) is 0 Å². The zero-order valence-electron chi connectivity index (χ0n) is 12.6. The fourth-order valence-corrected chi connectivity index (χ4v) is 2.65. The highest BCUT2D eigenvalue weighted by Crippen LogP contribution is 2.28. The van der Waals surface area contributed by atoms with Crippen LogP contribution in [0.4, 0.5) is 0 Å². The molecule has 0 saturated heterocycles. The minimum Gasteiger partial charge on any atom is -0.507 e. The summed E-state index contributed by atoms with van der Waals surface area (Å²) in [7, 11) is 0. The fraction of sp³-hybridized carbons (Fsp3) is 0. The molecule has 0 radical (unpaired) electrons. The van der Waals surface area contributed by atoms with Gasteiger partial charge in [0, 0.05) is 11.1 Å². The van der Waals surface area contributed by atoms with Gasteiger partial charge in [-0.25, -0.2) is 4.79 Å². The number of ketones is 1. The van der Waals surface area contributed by atoms with Gasteiger partial charge >= 0.3 is 5.97 Å². The summed E-state index contributed by atoms with van der Waals surface area (Å²) in [6.07, 6.45) is 0. The third-order valence-corrected chi connectivity index (χ3v) is 3.76. The van der Waals surface area contributed by atoms with Crippen molar-refractivity contribution >= 4 is 11.8 Å². The van der Waals surface area contributed by atoms with E-state index in [1.165, 1.54) is 18.2 Å². The number of carbonyl (C=O) groups is 2. The summed E-state index contributed by atoms with van der Waals surface area (Å²) in [6, 6.07) is 20.5. The van der Waals surface area contributed by atoms with Gasteiger partial charge in [-0.05, 0) is 23.3 Å². The lowest BCUT2D eigenvalue weighted by Crippen LogP contribution is -2.11. The Kier molecular flexibility index (Phi) is 4.12. The van der Waals surface area contributed by atoms with E-state index in [4.69, 9.17) is 0 Å². The minimum atomic E-state index is -1.34. The normalized spacial score (nSPS) is 10.3. The number of carboxylic acid groups (broad SMARTS) is 1. The smallest absolute Gasteiger partial charge is 0.340 e. The van der Waals surface area contributed by atoms with E-state index in [1.807, 2.05) is 42.5 Å². The van der Waals surface area contributed by atoms with Gasteiger partial charge in [-0.3, -0.25) is 4.79 Å². The standard InChI is InChI=1S/C20H14O4/c21-17-12-6-11-16(18(17)20(23)24)19(22)15-10-5-4-9-14(15)13-7-2-1-3-8-13/h1-12,21H,(H,23,24). The summed E-state index contributed by atoms with van der Waals surface area (Å²) in [5, 5.41) is 19.1. The highest BCUT2D eigenvalue weighted by molar-refractivity contribution is 6.17. The quantitative estimate of drug-likeness (QED) is 0.713. The molecule has 0 aliphatic heterocycles. The minimum absolute atomic E-state index is 0.0362. The Balaban J connectivity index is 2.17. The van der Waals surface area contributed by atoms with Gasteiger partial charge in [-0.2, -0.15) is 0 Å². The first-order valence-electron chi connectivity index (χ1n) is 7.34. The summed E-state index contributed by atoms with van der Waals surface area (Å²) in [5.74, 6) is -2.21. The lowest BCUT2D eigenvalue weighted by atomic mass is 9.91. The lowest BCUT2D eigenvalue weighted by Gasteiger charge is -2.11. The van der Waals surface area contributed by atoms with Crippen LogP contribution >= 0.6 is 0 Å². The molecule has 118 valence electrons. The highest BCUT2D eigenvalue weighted by Gasteiger charge is 2.23. The van der Waals surface area contributed by atoms with Crippen LogP contribution in [0, 0.1) is 0 Å². The average molecular weight is 318 g/mol. The van der Waals surface area contributed by atoms with Crippen molar-refractivity contribution in [2.45, 2.75) is 0 Å². The number of benzene rings is 3. The largest absolute Gasteiger partial charge is 0.507 e. The van der Waals surface area contributed by atoms with Crippen molar-refractivity contribution < 1.29 is 19.8 Å². The number of carboxylic acids is 1. The first-order valence-corrected chi connectivity index (χ1v) is 7.34. The van der Waals surface area contributed by atoms with Gasteiger partial charge in [0.15, 0.2) is 5.78 Å². The van der Waals surface area contributed by atoms with Crippen LogP contribution in [0.5, 0.6) is 5.75 Å². The van der Waals surface area contributed by atoms with Crippen LogP contribution in [0.1, 0.15) is 26.3 Å². The molecule has 0 heterocycles. The van der Waals surface area contributed by atoms with Crippen molar-refractivity contribution in [3.05, 3.63) is 89.5 Å². The molecule has 0 saturated carbocycles. The maximum absolute atomic E-state index is 12.9. The van der Waals surface area contributed by atoms with Crippen molar-refractivity contribution in [2.75, 3.05) is 0 Å². The average Bonchev–Trinajstić information content (AvgIpc) is 2.61. The van der Waals surface area contributed by atoms with E-state index in [-0.39, 0.29) is 11.1 Å². The topological polar surface area (TPSA) is 74.6 Å². The van der Waals surface area contributed by atoms with E-state index in [1.54, 1.807) is 12.1 Å². The number of phenols is 1. The number of hydrogen-bond donors (Lipinski definition) is 2. The molecule has 0 aliphatic rings. The van der Waals surface area contributed by atoms with Gasteiger partial charge in [0.25, 0.3) is 0 Å². The van der Waals surface area contributed by atoms with Crippen LogP contribution in [0.15, 0.2) is 72.8 Å². The van der Waals surface area contributed by atoms with Crippen LogP contribution in [0.25, 0.3) is 11.1 Å². The van der Waals surface area contributed by atoms with Crippen LogP contribution in [-0.2, 0) is 0 Å². The van der Waals surface area contributed by atoms with E-state index in [0.717, 1.165) is 5.56 Å². The molecule has 0 bridgehead atoms. The summed E-state index contributed by atoms with van der Waals surface area (Å²) >= 11 is 0. The summed E-state index contributed by atoms with van der Waals surface area (Å²) < 4.78 is 0. The van der Waals surface area contributed by atoms with E-state index < -0.39 is 17.5 Å². The number of aromatic hydroxyl groups is 1. The second-order valence-corrected chi connectivity index (χ2v) is 5.25. The molecule has 3 aromatic rings. The molecule has 3 aromatic carbocycles. The van der Waals surface area contributed by atoms with Crippen LogP contribution in [0.3, 0.4) is 0 Å². The highest BCUT2D eigenvalue weighted by atomic mass is 16.4. The Morgan fingerprint density at radius 2 is 1.33 bits per heavy atom. The van der Waals surface area contributed by atoms with Gasteiger partial charge in [0.1, 0.15) is 11.3 Å². The van der Waals surface area contributed by atoms with Gasteiger partial charge in [0.2, 0.25) is 0 Å². The second kappa shape index (κ2) is 6.38. The molecular weight excluding hydrogens is 304 g/mol. The van der Waals surface area contributed by atoms with Crippen LogP contribution in [0.2, 0.25) is 0 Å². The fourth-order valence-electron chi connectivity index (χ4n) is 2.65. The Bertz CT molecular complexity index is 914. The Hall–Kier alpha value is -3.40. The summed E-state index contributed by atoms with van der Waals surface area (Å²) in [5.41, 5.74) is 1.54. The van der Waals surface area contributed by atoms with Gasteiger partial charge in [0.05, 0.1) is 0 Å². The number of rotatable bonds is 4. The van der Waals surface area contributed by atoms with Crippen molar-refractivity contribution in [2.24, 2.45) is 0 Å². The van der Waals surface area contributed by atoms with Crippen LogP contribution in [-0.4, -0.2) is 22.0 Å². The monoisotopic (exact) mass is 318 g/mol. The molecule has 4 heteroatoms. The van der Waals surface area contributed by atoms with E-state index in [9.17, 15) is 19.8 Å². The first-order chi connectivity index (χ1) is 11.6. The maximum atomic E-state index is 12.9. The molecule has 3 rings (SSSR count). The number of aromatic carboxylic acids is 1. The van der Waals surface area contributed by atoms with Gasteiger partial charge < -0.3 is 10.2 Å². The number of hydrogen-bond acceptors (Lipinski definition) is 3. The van der Waals surface area contributed by atoms with Crippen molar-refractivity contribution in [3.63, 3.8) is 0 Å². The van der Waals surface area contributed by atoms with Crippen LogP contribution < -0.4 is 0 Å². The Morgan fingerprint density at radius 3 is 2.04 bits per heavy atom. The molecule has 2 N–H and O–H groups in total. The summed E-state index contributed by atoms with van der Waals surface area (Å²) in [6.45, 7) is 0. The molecule has 0 aliphatic carbocycles. The maximum Gasteiger partial charge on any atom is 0.340 e. The zero-order chi connectivity index (χ0) is 17.1. The third kappa shape index (κ3) is 2.77. The van der Waals surface area contributed by atoms with Crippen molar-refractivity contribution in [3.8, 4) is 16.9 Å². The molecule has 0 fully saturated rings. The zero-order valence-corrected chi connectivity index (χ0v) is 12.6. The third-order valence-electron chi connectivity index (χ3n) is 3.76. The molecular formula is C20H14O4. The van der Waals surface area contributed by atoms with E-state index in [0.29, 0.717) is 11.1 Å². The molecule has 0 aromatic heterocycles. The molecule has 0 amide bonds. The molecule has 24 heavy (non-hydrogen) atoms. The lowest BCUT2D eigenvalue weighted by molar-refractivity contribution is 0.0689. The molecule has 0 spiro atoms. The molecule has 0 unspecified atom stereocenters. The molecule has 0 atom stereocenters. The predicted octanol–water partition coefficient (Wildman–Crippen LogP) is 3.99. The van der Waals surface area contributed by atoms with Crippen molar-refractivity contribution in [1.82, 2.24) is 0 Å². The van der Waals surface area contributed by atoms with Gasteiger partial charge in [-0.15, -0.1) is 0 Å². The Morgan fingerprint density at radius 1 is 0.708 bits per heavy atom. The van der Waals surface area contributed by atoms with E-state index >= 15 is 0 Å².